The fourth-order valence-electron chi connectivity index (χ4n) is 3.96. The van der Waals surface area contributed by atoms with Gasteiger partial charge in [-0.25, -0.2) is 0 Å². The Morgan fingerprint density at radius 2 is 1.41 bits per heavy atom. The van der Waals surface area contributed by atoms with Crippen LogP contribution in [0.2, 0.25) is 13.3 Å². The first-order valence-electron chi connectivity index (χ1n) is 11.8. The predicted octanol–water partition coefficient (Wildman–Crippen LogP) is 7.63. The summed E-state index contributed by atoms with van der Waals surface area (Å²) < 4.78 is 6.29. The third-order valence-corrected chi connectivity index (χ3v) is 27.0. The molecule has 0 aliphatic rings. The maximum absolute atomic E-state index is 13.3. The zero-order valence-electron chi connectivity index (χ0n) is 19.0. The summed E-state index contributed by atoms with van der Waals surface area (Å²) in [6.45, 7) is 9.93. The fraction of sp³-hybridized carbons (Fsp3) is 0.667. The summed E-state index contributed by atoms with van der Waals surface area (Å²) in [6.07, 6.45) is 9.95. The molecule has 2 aromatic rings. The van der Waals surface area contributed by atoms with E-state index in [1.165, 1.54) is 51.8 Å². The van der Waals surface area contributed by atoms with Crippen molar-refractivity contribution in [3.63, 3.8) is 0 Å². The van der Waals surface area contributed by atoms with Gasteiger partial charge in [0.2, 0.25) is 0 Å². The first-order chi connectivity index (χ1) is 14.1. The second kappa shape index (κ2) is 13.0. The molecule has 0 spiro atoms. The third-order valence-electron chi connectivity index (χ3n) is 5.83. The first kappa shape index (κ1) is 24.8. The first-order valence-corrected chi connectivity index (χ1v) is 22.2. The van der Waals surface area contributed by atoms with Crippen LogP contribution in [0.1, 0.15) is 79.1 Å². The number of nitrogens with zero attached hydrogens (tertiary/aromatic N) is 2. The Bertz CT molecular complexity index is 783. The van der Waals surface area contributed by atoms with E-state index in [-0.39, 0.29) is 5.56 Å². The van der Waals surface area contributed by atoms with Gasteiger partial charge in [0.15, 0.2) is 0 Å². The Labute approximate surface area is 184 Å². The van der Waals surface area contributed by atoms with Gasteiger partial charge < -0.3 is 0 Å². The zero-order chi connectivity index (χ0) is 21.1. The van der Waals surface area contributed by atoms with Crippen LogP contribution in [-0.4, -0.2) is 26.5 Å². The van der Waals surface area contributed by atoms with Crippen LogP contribution in [0.15, 0.2) is 34.2 Å². The molecule has 5 heteroatoms. The molecule has 1 heterocycles. The molecule has 1 aromatic carbocycles. The van der Waals surface area contributed by atoms with Gasteiger partial charge in [-0.2, -0.15) is 0 Å². The molecule has 162 valence electrons. The Morgan fingerprint density at radius 1 is 0.862 bits per heavy atom. The number of rotatable bonds is 14. The molecule has 29 heavy (non-hydrogen) atoms. The van der Waals surface area contributed by atoms with E-state index in [1.807, 2.05) is 28.8 Å². The molecule has 1 aromatic heterocycles. The van der Waals surface area contributed by atoms with Crippen molar-refractivity contribution in [2.75, 3.05) is 0 Å². The number of para-hydroxylation sites is 1. The molecule has 2 rings (SSSR count). The fourth-order valence-corrected chi connectivity index (χ4v) is 25.9. The minimum absolute atomic E-state index is 0.160. The van der Waals surface area contributed by atoms with Crippen LogP contribution in [0.5, 0.6) is 0 Å². The quantitative estimate of drug-likeness (QED) is 0.189. The average molecular weight is 523 g/mol. The Morgan fingerprint density at radius 3 is 1.97 bits per heavy atom. The molecule has 0 saturated carbocycles. The van der Waals surface area contributed by atoms with Crippen LogP contribution in [0.25, 0.3) is 10.9 Å². The van der Waals surface area contributed by atoms with Crippen molar-refractivity contribution in [1.29, 1.82) is 0 Å². The molecule has 0 aliphatic carbocycles. The predicted molar refractivity (Wildman–Crippen MR) is 132 cm³/mol. The number of hydrogen-bond donors (Lipinski definition) is 0. The van der Waals surface area contributed by atoms with Gasteiger partial charge >= 0.3 is 185 Å². The van der Waals surface area contributed by atoms with E-state index >= 15 is 0 Å². The molecule has 0 aliphatic heterocycles. The summed E-state index contributed by atoms with van der Waals surface area (Å²) >= 11 is -2.50. The molecule has 0 fully saturated rings. The number of aromatic nitrogens is 2. The van der Waals surface area contributed by atoms with Crippen molar-refractivity contribution >= 4 is 36.8 Å². The molecule has 0 saturated heterocycles. The van der Waals surface area contributed by atoms with Gasteiger partial charge in [-0.3, -0.25) is 0 Å². The molecule has 0 bridgehead atoms. The summed E-state index contributed by atoms with van der Waals surface area (Å²) in [6, 6.07) is 7.90. The Hall–Kier alpha value is -0.491. The average Bonchev–Trinajstić information content (AvgIpc) is 2.74. The van der Waals surface area contributed by atoms with Crippen LogP contribution >= 0.6 is 8.95 Å². The molecule has 0 amide bonds. The molecule has 0 radical (unpaired) electrons. The van der Waals surface area contributed by atoms with Crippen molar-refractivity contribution in [1.82, 2.24) is 9.55 Å². The number of unbranched alkanes of at least 4 members (excludes halogenated alkanes) is 4. The van der Waals surface area contributed by atoms with Gasteiger partial charge in [-0.15, -0.1) is 0 Å². The van der Waals surface area contributed by atoms with Crippen molar-refractivity contribution in [2.45, 2.75) is 104 Å². The van der Waals surface area contributed by atoms with Gasteiger partial charge in [0, 0.05) is 0 Å². The normalized spacial score (nSPS) is 12.0. The molecule has 3 nitrogen and oxygen atoms in total. The van der Waals surface area contributed by atoms with E-state index in [1.54, 1.807) is 0 Å². The van der Waals surface area contributed by atoms with Crippen LogP contribution in [0, 0.1) is 0 Å². The van der Waals surface area contributed by atoms with Crippen molar-refractivity contribution in [3.05, 3.63) is 34.6 Å². The van der Waals surface area contributed by atoms with Gasteiger partial charge in [0.1, 0.15) is 0 Å². The second-order valence-electron chi connectivity index (χ2n) is 8.32. The topological polar surface area (TPSA) is 34.9 Å². The summed E-state index contributed by atoms with van der Waals surface area (Å²) in [7, 11) is 2.12. The minimum atomic E-state index is -2.50. The van der Waals surface area contributed by atoms with E-state index in [0.29, 0.717) is 0 Å². The monoisotopic (exact) mass is 524 g/mol. The van der Waals surface area contributed by atoms with E-state index < -0.39 is 17.0 Å². The molecule has 0 N–H and O–H groups in total. The van der Waals surface area contributed by atoms with E-state index in [4.69, 9.17) is 4.98 Å². The van der Waals surface area contributed by atoms with Gasteiger partial charge in [0.25, 0.3) is 0 Å². The number of fused-ring (bicyclic) bond motifs is 1. The number of hydrogen-bond acceptors (Lipinski definition) is 3. The molecule has 0 unspecified atom stereocenters. The third kappa shape index (κ3) is 7.02. The summed E-state index contributed by atoms with van der Waals surface area (Å²) in [4.78, 5) is 18.4. The van der Waals surface area contributed by atoms with Crippen molar-refractivity contribution < 1.29 is 0 Å². The second-order valence-corrected chi connectivity index (χ2v) is 27.5. The summed E-state index contributed by atoms with van der Waals surface area (Å²) in [5, 5.41) is 1.80. The SMILES string of the molecule is CCCCn1c([S][Sn]([CH2]CCC)([CH2]CCC)[CH2]CCC)nc2ccccc2c1=O. The molecular weight excluding hydrogens is 483 g/mol. The number of benzene rings is 1. The van der Waals surface area contributed by atoms with Gasteiger partial charge in [-0.1, -0.05) is 0 Å². The van der Waals surface area contributed by atoms with Crippen molar-refractivity contribution in [3.8, 4) is 0 Å². The standard InChI is InChI=1S/C12H14N2OS.3C4H9.Sn/c1-2-3-8-14-11(15)9-6-4-5-7-10(9)13-12(14)16;3*1-3-4-2;/h4-7H,2-3,8H2,1H3,(H,13,16);3*1,3-4H2,2H3;/q;;;;+1/p-1. The molecule has 0 atom stereocenters. The van der Waals surface area contributed by atoms with Crippen LogP contribution in [0.3, 0.4) is 0 Å². The van der Waals surface area contributed by atoms with Crippen LogP contribution in [0.4, 0.5) is 0 Å². The van der Waals surface area contributed by atoms with Crippen molar-refractivity contribution in [2.24, 2.45) is 0 Å². The summed E-state index contributed by atoms with van der Waals surface area (Å²) in [5.41, 5.74) is 1.03. The van der Waals surface area contributed by atoms with E-state index in [9.17, 15) is 4.79 Å². The van der Waals surface area contributed by atoms with Gasteiger partial charge in [0.05, 0.1) is 0 Å². The van der Waals surface area contributed by atoms with Crippen LogP contribution in [-0.2, 0) is 6.54 Å². The van der Waals surface area contributed by atoms with Gasteiger partial charge in [-0.05, 0) is 0 Å². The maximum atomic E-state index is 13.3. The Kier molecular flexibility index (Phi) is 11.1. The van der Waals surface area contributed by atoms with Crippen LogP contribution < -0.4 is 5.56 Å². The van der Waals surface area contributed by atoms with E-state index in [0.717, 1.165) is 35.4 Å². The van der Waals surface area contributed by atoms with E-state index in [2.05, 4.69) is 36.6 Å². The summed E-state index contributed by atoms with van der Waals surface area (Å²) in [5.74, 6) is 0. The molecular formula is C24H40N2OSSn. The zero-order valence-corrected chi connectivity index (χ0v) is 22.7. The Balaban J connectivity index is 2.52.